The van der Waals surface area contributed by atoms with Gasteiger partial charge in [-0.05, 0) is 88.0 Å². The number of nitrogens with zero attached hydrogens (tertiary/aromatic N) is 1. The second-order valence-corrected chi connectivity index (χ2v) is 9.94. The quantitative estimate of drug-likeness (QED) is 0.239. The molecule has 0 aliphatic carbocycles. The van der Waals surface area contributed by atoms with E-state index in [2.05, 4.69) is 32.9 Å². The van der Waals surface area contributed by atoms with Crippen LogP contribution in [0.3, 0.4) is 0 Å². The Kier molecular flexibility index (Phi) is 7.85. The van der Waals surface area contributed by atoms with E-state index in [0.29, 0.717) is 43.9 Å². The summed E-state index contributed by atoms with van der Waals surface area (Å²) in [5.41, 5.74) is 2.35. The van der Waals surface area contributed by atoms with E-state index in [1.165, 1.54) is 15.3 Å². The molecule has 3 aromatic carbocycles. The molecule has 9 heteroatoms. The molecule has 0 aromatic heterocycles. The largest absolute Gasteiger partial charge is 0.493 e. The van der Waals surface area contributed by atoms with Gasteiger partial charge in [0.2, 0.25) is 0 Å². The number of benzene rings is 3. The summed E-state index contributed by atoms with van der Waals surface area (Å²) in [6.07, 6.45) is 1.77. The van der Waals surface area contributed by atoms with Crippen LogP contribution in [0.2, 0.25) is 10.0 Å². The van der Waals surface area contributed by atoms with Crippen molar-refractivity contribution in [1.82, 2.24) is 5.32 Å². The fourth-order valence-corrected chi connectivity index (χ4v) is 4.49. The molecule has 33 heavy (non-hydrogen) atoms. The van der Waals surface area contributed by atoms with Gasteiger partial charge in [-0.15, -0.1) is 0 Å². The minimum absolute atomic E-state index is 0.241. The van der Waals surface area contributed by atoms with E-state index in [1.807, 2.05) is 42.5 Å². The van der Waals surface area contributed by atoms with Crippen LogP contribution in [0, 0.1) is 3.57 Å². The summed E-state index contributed by atoms with van der Waals surface area (Å²) >= 11 is 15.7. The molecule has 0 saturated carbocycles. The van der Waals surface area contributed by atoms with Gasteiger partial charge in [0.25, 0.3) is 5.91 Å². The van der Waals surface area contributed by atoms with E-state index in [4.69, 9.17) is 32.7 Å². The highest BCUT2D eigenvalue weighted by molar-refractivity contribution is 14.1. The second-order valence-electron chi connectivity index (χ2n) is 6.88. The highest BCUT2D eigenvalue weighted by atomic mass is 127. The molecule has 1 N–H and O–H groups in total. The number of rotatable bonds is 6. The predicted octanol–water partition coefficient (Wildman–Crippen LogP) is 7.08. The van der Waals surface area contributed by atoms with Crippen molar-refractivity contribution in [3.8, 4) is 11.5 Å². The lowest BCUT2D eigenvalue weighted by Crippen LogP contribution is -2.19. The lowest BCUT2D eigenvalue weighted by Gasteiger charge is -2.11. The van der Waals surface area contributed by atoms with E-state index < -0.39 is 0 Å². The van der Waals surface area contributed by atoms with Crippen LogP contribution in [0.15, 0.2) is 70.6 Å². The van der Waals surface area contributed by atoms with Crippen LogP contribution in [0.1, 0.15) is 11.1 Å². The van der Waals surface area contributed by atoms with Crippen LogP contribution >= 0.6 is 57.6 Å². The molecule has 168 valence electrons. The van der Waals surface area contributed by atoms with E-state index in [0.717, 1.165) is 11.1 Å². The summed E-state index contributed by atoms with van der Waals surface area (Å²) in [5.74, 6) is 0.965. The molecule has 4 rings (SSSR count). The first kappa shape index (κ1) is 23.9. The molecule has 0 spiro atoms. The fraction of sp³-hybridized carbons (Fsp3) is 0.0833. The normalized spacial score (nSPS) is 15.7. The molecule has 1 heterocycles. The number of ether oxygens (including phenoxy) is 2. The van der Waals surface area contributed by atoms with E-state index in [9.17, 15) is 4.79 Å². The molecule has 0 unspecified atom stereocenters. The highest BCUT2D eigenvalue weighted by Gasteiger charge is 2.24. The summed E-state index contributed by atoms with van der Waals surface area (Å²) in [5, 5.41) is 3.92. The summed E-state index contributed by atoms with van der Waals surface area (Å²) in [6.45, 7) is 0.428. The minimum Gasteiger partial charge on any atom is -0.493 e. The third-order valence-corrected chi connectivity index (χ3v) is 7.04. The molecule has 1 aliphatic rings. The molecule has 1 saturated heterocycles. The Morgan fingerprint density at radius 3 is 2.64 bits per heavy atom. The van der Waals surface area contributed by atoms with Crippen molar-refractivity contribution in [1.29, 1.82) is 0 Å². The third-order valence-electron chi connectivity index (χ3n) is 4.60. The minimum atomic E-state index is -0.241. The van der Waals surface area contributed by atoms with Crippen LogP contribution < -0.4 is 14.8 Å². The van der Waals surface area contributed by atoms with E-state index >= 15 is 0 Å². The van der Waals surface area contributed by atoms with Gasteiger partial charge in [-0.25, -0.2) is 4.99 Å². The van der Waals surface area contributed by atoms with Crippen molar-refractivity contribution in [2.45, 2.75) is 6.61 Å². The molecule has 0 atom stereocenters. The Morgan fingerprint density at radius 1 is 1.09 bits per heavy atom. The zero-order valence-corrected chi connectivity index (χ0v) is 21.8. The van der Waals surface area contributed by atoms with Gasteiger partial charge in [0.05, 0.1) is 27.7 Å². The lowest BCUT2D eigenvalue weighted by atomic mass is 10.2. The molecule has 3 aromatic rings. The summed E-state index contributed by atoms with van der Waals surface area (Å²) in [6, 6.07) is 18.8. The van der Waals surface area contributed by atoms with Crippen molar-refractivity contribution in [2.24, 2.45) is 4.99 Å². The van der Waals surface area contributed by atoms with Crippen molar-refractivity contribution >= 4 is 80.4 Å². The lowest BCUT2D eigenvalue weighted by molar-refractivity contribution is -0.115. The van der Waals surface area contributed by atoms with Crippen LogP contribution in [0.4, 0.5) is 5.69 Å². The average molecular weight is 611 g/mol. The summed E-state index contributed by atoms with van der Waals surface area (Å²) in [4.78, 5) is 17.4. The molecule has 1 amide bonds. The summed E-state index contributed by atoms with van der Waals surface area (Å²) in [7, 11) is 1.58. The number of carbonyl (C=O) groups is 1. The van der Waals surface area contributed by atoms with Gasteiger partial charge < -0.3 is 14.8 Å². The molecule has 0 bridgehead atoms. The van der Waals surface area contributed by atoms with Crippen molar-refractivity contribution in [3.63, 3.8) is 0 Å². The van der Waals surface area contributed by atoms with Crippen LogP contribution in [0.25, 0.3) is 6.08 Å². The number of amidine groups is 1. The van der Waals surface area contributed by atoms with Crippen molar-refractivity contribution < 1.29 is 14.3 Å². The zero-order chi connectivity index (χ0) is 23.4. The molecule has 5 nitrogen and oxygen atoms in total. The number of methoxy groups -OCH3 is 1. The van der Waals surface area contributed by atoms with Crippen LogP contribution in [-0.2, 0) is 11.4 Å². The highest BCUT2D eigenvalue weighted by Crippen LogP contribution is 2.35. The number of nitrogens with one attached hydrogen (secondary N) is 1. The Hall–Kier alpha value is -2.20. The standard InChI is InChI=1S/C24H17Cl2IN2O3S/c1-31-20-11-15(7-10-19(20)32-13-14-5-8-16(27)9-6-14)12-21-23(30)29-24(33-21)28-18-4-2-3-17(25)22(18)26/h2-12H,13H2,1H3,(H,28,29,30)/b21-12-. The SMILES string of the molecule is COc1cc(/C=C2\SC(=Nc3cccc(Cl)c3Cl)NC2=O)ccc1OCc1ccc(I)cc1. The van der Waals surface area contributed by atoms with Gasteiger partial charge in [-0.2, -0.15) is 0 Å². The monoisotopic (exact) mass is 610 g/mol. The second kappa shape index (κ2) is 10.8. The van der Waals surface area contributed by atoms with E-state index in [1.54, 1.807) is 31.4 Å². The fourth-order valence-electron chi connectivity index (χ4n) is 2.95. The Balaban J connectivity index is 1.50. The molecule has 0 radical (unpaired) electrons. The predicted molar refractivity (Wildman–Crippen MR) is 144 cm³/mol. The Bertz CT molecular complexity index is 1260. The first-order valence-electron chi connectivity index (χ1n) is 9.72. The molecule has 1 aliphatic heterocycles. The van der Waals surface area contributed by atoms with Crippen molar-refractivity contribution in [2.75, 3.05) is 7.11 Å². The van der Waals surface area contributed by atoms with Crippen LogP contribution in [0.5, 0.6) is 11.5 Å². The summed E-state index contributed by atoms with van der Waals surface area (Å²) < 4.78 is 12.6. The van der Waals surface area contributed by atoms with Crippen LogP contribution in [-0.4, -0.2) is 18.2 Å². The van der Waals surface area contributed by atoms with Crippen molar-refractivity contribution in [3.05, 3.63) is 90.3 Å². The molecular formula is C24H17Cl2IN2O3S. The van der Waals surface area contributed by atoms with Gasteiger partial charge in [0.15, 0.2) is 16.7 Å². The maximum atomic E-state index is 12.4. The maximum absolute atomic E-state index is 12.4. The van der Waals surface area contributed by atoms with Gasteiger partial charge in [-0.1, -0.05) is 47.5 Å². The first-order chi connectivity index (χ1) is 15.9. The Morgan fingerprint density at radius 2 is 1.88 bits per heavy atom. The Labute approximate surface area is 219 Å². The van der Waals surface area contributed by atoms with Gasteiger partial charge >= 0.3 is 0 Å². The van der Waals surface area contributed by atoms with Gasteiger partial charge in [-0.3, -0.25) is 4.79 Å². The smallest absolute Gasteiger partial charge is 0.264 e. The molecule has 1 fully saturated rings. The number of thioether (sulfide) groups is 1. The van der Waals surface area contributed by atoms with Gasteiger partial charge in [0, 0.05) is 3.57 Å². The maximum Gasteiger partial charge on any atom is 0.264 e. The number of carbonyl (C=O) groups excluding carboxylic acids is 1. The average Bonchev–Trinajstić information content (AvgIpc) is 3.15. The molecular weight excluding hydrogens is 594 g/mol. The number of hydrogen-bond donors (Lipinski definition) is 1. The van der Waals surface area contributed by atoms with Gasteiger partial charge in [0.1, 0.15) is 6.61 Å². The number of aliphatic imine (C=N–C) groups is 1. The zero-order valence-electron chi connectivity index (χ0n) is 17.3. The third kappa shape index (κ3) is 6.03. The number of amides is 1. The number of halogens is 3. The number of hydrogen-bond acceptors (Lipinski definition) is 5. The first-order valence-corrected chi connectivity index (χ1v) is 12.4. The topological polar surface area (TPSA) is 59.9 Å². The van der Waals surface area contributed by atoms with E-state index in [-0.39, 0.29) is 5.91 Å².